The average Bonchev–Trinajstić information content (AvgIpc) is 3.07. The molecule has 3 aromatic rings. The molecule has 0 amide bonds. The maximum Gasteiger partial charge on any atom is 0.243 e. The number of methoxy groups -OCH3 is 2. The Morgan fingerprint density at radius 1 is 1.15 bits per heavy atom. The van der Waals surface area contributed by atoms with E-state index in [1.165, 1.54) is 0 Å². The van der Waals surface area contributed by atoms with Crippen LogP contribution < -0.4 is 14.2 Å². The minimum atomic E-state index is -3.73. The van der Waals surface area contributed by atoms with Gasteiger partial charge in [0, 0.05) is 36.4 Å². The maximum atomic E-state index is 12.9. The van der Waals surface area contributed by atoms with Crippen molar-refractivity contribution >= 4 is 21.1 Å². The Balaban J connectivity index is 1.93. The smallest absolute Gasteiger partial charge is 0.243 e. The largest absolute Gasteiger partial charge is 0.497 e. The predicted octanol–water partition coefficient (Wildman–Crippen LogP) is 3.11. The fourth-order valence-electron chi connectivity index (χ4n) is 2.88. The highest BCUT2D eigenvalue weighted by Crippen LogP contribution is 2.27. The van der Waals surface area contributed by atoms with Gasteiger partial charge in [0.15, 0.2) is 0 Å². The monoisotopic (exact) mass is 389 g/mol. The van der Waals surface area contributed by atoms with E-state index < -0.39 is 10.0 Å². The predicted molar refractivity (Wildman–Crippen MR) is 104 cm³/mol. The Kier molecular flexibility index (Phi) is 5.38. The van der Waals surface area contributed by atoms with Crippen LogP contribution in [0, 0.1) is 0 Å². The molecule has 0 atom stereocenters. The van der Waals surface area contributed by atoms with Crippen molar-refractivity contribution < 1.29 is 17.9 Å². The first-order valence-electron chi connectivity index (χ1n) is 8.53. The van der Waals surface area contributed by atoms with E-state index in [0.717, 1.165) is 5.56 Å². The summed E-state index contributed by atoms with van der Waals surface area (Å²) in [4.78, 5) is 4.55. The summed E-state index contributed by atoms with van der Waals surface area (Å²) in [5, 5.41) is 0.599. The van der Waals surface area contributed by atoms with Gasteiger partial charge in [0.2, 0.25) is 10.0 Å². The second-order valence-electron chi connectivity index (χ2n) is 6.41. The molecule has 0 radical (unpaired) electrons. The first-order chi connectivity index (χ1) is 12.9. The van der Waals surface area contributed by atoms with E-state index in [0.29, 0.717) is 22.5 Å². The molecule has 0 aliphatic heterocycles. The fourth-order valence-corrected chi connectivity index (χ4v) is 4.10. The van der Waals surface area contributed by atoms with Crippen molar-refractivity contribution in [3.8, 4) is 11.5 Å². The molecule has 7 nitrogen and oxygen atoms in total. The maximum absolute atomic E-state index is 12.9. The molecule has 0 aliphatic carbocycles. The van der Waals surface area contributed by atoms with Crippen LogP contribution in [0.25, 0.3) is 11.0 Å². The van der Waals surface area contributed by atoms with Gasteiger partial charge in [-0.15, -0.1) is 0 Å². The summed E-state index contributed by atoms with van der Waals surface area (Å²) in [5.41, 5.74) is 1.39. The lowest BCUT2D eigenvalue weighted by Gasteiger charge is -2.10. The normalized spacial score (nSPS) is 11.9. The van der Waals surface area contributed by atoms with Crippen LogP contribution in [-0.4, -0.2) is 32.2 Å². The standard InChI is InChI=1S/C19H23N3O4S/c1-13(2)22-12-18(17-6-5-7-20-19(17)22)27(23,24)21-11-14-8-15(25-3)10-16(9-14)26-4/h5-10,12-13,21H,11H2,1-4H3. The number of ether oxygens (including phenoxy) is 2. The van der Waals surface area contributed by atoms with E-state index in [-0.39, 0.29) is 17.5 Å². The lowest BCUT2D eigenvalue weighted by Crippen LogP contribution is -2.23. The zero-order valence-electron chi connectivity index (χ0n) is 15.8. The van der Waals surface area contributed by atoms with Gasteiger partial charge in [0.25, 0.3) is 0 Å². The van der Waals surface area contributed by atoms with Gasteiger partial charge in [0.05, 0.1) is 14.2 Å². The Bertz CT molecular complexity index is 1040. The lowest BCUT2D eigenvalue weighted by atomic mass is 10.2. The molecule has 2 aromatic heterocycles. The van der Waals surface area contributed by atoms with Gasteiger partial charge in [-0.05, 0) is 43.7 Å². The molecule has 0 bridgehead atoms. The van der Waals surface area contributed by atoms with Crippen molar-refractivity contribution in [1.82, 2.24) is 14.3 Å². The van der Waals surface area contributed by atoms with Crippen molar-refractivity contribution in [3.63, 3.8) is 0 Å². The quantitative estimate of drug-likeness (QED) is 0.671. The molecule has 0 saturated heterocycles. The molecule has 0 unspecified atom stereocenters. The minimum Gasteiger partial charge on any atom is -0.497 e. The Hall–Kier alpha value is -2.58. The highest BCUT2D eigenvalue weighted by atomic mass is 32.2. The molecule has 0 fully saturated rings. The van der Waals surface area contributed by atoms with E-state index in [2.05, 4.69) is 9.71 Å². The third-order valence-electron chi connectivity index (χ3n) is 4.28. The van der Waals surface area contributed by atoms with Crippen LogP contribution in [0.5, 0.6) is 11.5 Å². The number of nitrogens with zero attached hydrogens (tertiary/aromatic N) is 2. The van der Waals surface area contributed by atoms with Crippen LogP contribution in [-0.2, 0) is 16.6 Å². The average molecular weight is 389 g/mol. The van der Waals surface area contributed by atoms with Gasteiger partial charge in [-0.3, -0.25) is 0 Å². The van der Waals surface area contributed by atoms with Gasteiger partial charge in [-0.1, -0.05) is 0 Å². The number of hydrogen-bond donors (Lipinski definition) is 1. The Morgan fingerprint density at radius 3 is 2.41 bits per heavy atom. The van der Waals surface area contributed by atoms with Gasteiger partial charge in [-0.25, -0.2) is 18.1 Å². The molecule has 0 spiro atoms. The fraction of sp³-hybridized carbons (Fsp3) is 0.316. The Labute approximate surface area is 159 Å². The van der Waals surface area contributed by atoms with Gasteiger partial charge >= 0.3 is 0 Å². The van der Waals surface area contributed by atoms with Crippen LogP contribution >= 0.6 is 0 Å². The lowest BCUT2D eigenvalue weighted by molar-refractivity contribution is 0.393. The summed E-state index contributed by atoms with van der Waals surface area (Å²) in [6.45, 7) is 4.09. The molecular weight excluding hydrogens is 366 g/mol. The second kappa shape index (κ2) is 7.58. The van der Waals surface area contributed by atoms with E-state index in [1.54, 1.807) is 56.9 Å². The number of benzene rings is 1. The number of hydrogen-bond acceptors (Lipinski definition) is 5. The third-order valence-corrected chi connectivity index (χ3v) is 5.71. The van der Waals surface area contributed by atoms with E-state index in [4.69, 9.17) is 9.47 Å². The number of nitrogens with one attached hydrogen (secondary N) is 1. The number of fused-ring (bicyclic) bond motifs is 1. The number of sulfonamides is 1. The van der Waals surface area contributed by atoms with Crippen molar-refractivity contribution in [2.24, 2.45) is 0 Å². The summed E-state index contributed by atoms with van der Waals surface area (Å²) in [6.07, 6.45) is 3.30. The number of aromatic nitrogens is 2. The van der Waals surface area contributed by atoms with Crippen molar-refractivity contribution in [3.05, 3.63) is 48.3 Å². The second-order valence-corrected chi connectivity index (χ2v) is 8.15. The zero-order chi connectivity index (χ0) is 19.6. The molecule has 2 heterocycles. The molecule has 27 heavy (non-hydrogen) atoms. The number of pyridine rings is 1. The van der Waals surface area contributed by atoms with E-state index in [1.807, 2.05) is 18.4 Å². The molecule has 0 aliphatic rings. The molecule has 1 N–H and O–H groups in total. The summed E-state index contributed by atoms with van der Waals surface area (Å²) in [6, 6.07) is 8.87. The van der Waals surface area contributed by atoms with E-state index >= 15 is 0 Å². The van der Waals surface area contributed by atoms with Crippen molar-refractivity contribution in [2.75, 3.05) is 14.2 Å². The molecule has 144 valence electrons. The van der Waals surface area contributed by atoms with Gasteiger partial charge < -0.3 is 14.0 Å². The molecule has 1 aromatic carbocycles. The van der Waals surface area contributed by atoms with Gasteiger partial charge in [0.1, 0.15) is 22.0 Å². The van der Waals surface area contributed by atoms with Crippen LogP contribution in [0.4, 0.5) is 0 Å². The topological polar surface area (TPSA) is 82.5 Å². The SMILES string of the molecule is COc1cc(CNS(=O)(=O)c2cn(C(C)C)c3ncccc23)cc(OC)c1. The molecule has 8 heteroatoms. The Morgan fingerprint density at radius 2 is 1.81 bits per heavy atom. The first kappa shape index (κ1) is 19.2. The highest BCUT2D eigenvalue weighted by molar-refractivity contribution is 7.89. The van der Waals surface area contributed by atoms with Crippen LogP contribution in [0.1, 0.15) is 25.5 Å². The van der Waals surface area contributed by atoms with Crippen LogP contribution in [0.15, 0.2) is 47.6 Å². The van der Waals surface area contributed by atoms with Crippen LogP contribution in [0.2, 0.25) is 0 Å². The molecule has 0 saturated carbocycles. The minimum absolute atomic E-state index is 0.0917. The number of rotatable bonds is 7. The van der Waals surface area contributed by atoms with Crippen molar-refractivity contribution in [2.45, 2.75) is 31.3 Å². The van der Waals surface area contributed by atoms with Crippen molar-refractivity contribution in [1.29, 1.82) is 0 Å². The summed E-state index contributed by atoms with van der Waals surface area (Å²) >= 11 is 0. The molecule has 3 rings (SSSR count). The summed E-state index contributed by atoms with van der Waals surface area (Å²) in [5.74, 6) is 1.20. The highest BCUT2D eigenvalue weighted by Gasteiger charge is 2.22. The third kappa shape index (κ3) is 3.91. The first-order valence-corrected chi connectivity index (χ1v) is 10.0. The summed E-state index contributed by atoms with van der Waals surface area (Å²) < 4.78 is 40.9. The van der Waals surface area contributed by atoms with E-state index in [9.17, 15) is 8.42 Å². The zero-order valence-corrected chi connectivity index (χ0v) is 16.6. The van der Waals surface area contributed by atoms with Crippen LogP contribution in [0.3, 0.4) is 0 Å². The molecular formula is C19H23N3O4S. The summed E-state index contributed by atoms with van der Waals surface area (Å²) in [7, 11) is -0.625. The van der Waals surface area contributed by atoms with Gasteiger partial charge in [-0.2, -0.15) is 0 Å².